The second-order valence-corrected chi connectivity index (χ2v) is 4.52. The fourth-order valence-electron chi connectivity index (χ4n) is 1.54. The minimum absolute atomic E-state index is 0.0592. The third-order valence-corrected chi connectivity index (χ3v) is 2.22. The third kappa shape index (κ3) is 4.16. The van der Waals surface area contributed by atoms with Crippen LogP contribution in [0.1, 0.15) is 31.3 Å². The number of ketones is 1. The number of carbonyl (C=O) groups excluding carboxylic acids is 1. The van der Waals surface area contributed by atoms with Gasteiger partial charge in [-0.1, -0.05) is 6.92 Å². The highest BCUT2D eigenvalue weighted by atomic mass is 16.3. The molecule has 1 heterocycles. The van der Waals surface area contributed by atoms with Crippen molar-refractivity contribution < 1.29 is 14.3 Å². The SMILES string of the molecule is CCN(CC(=O)c1ccco1)CC(C)(C)O. The molecule has 1 aromatic heterocycles. The molecule has 16 heavy (non-hydrogen) atoms. The van der Waals surface area contributed by atoms with Gasteiger partial charge in [0.05, 0.1) is 18.4 Å². The van der Waals surface area contributed by atoms with Crippen LogP contribution in [0.15, 0.2) is 22.8 Å². The van der Waals surface area contributed by atoms with Crippen LogP contribution >= 0.6 is 0 Å². The van der Waals surface area contributed by atoms with Crippen molar-refractivity contribution in [1.82, 2.24) is 4.90 Å². The molecule has 1 aromatic rings. The summed E-state index contributed by atoms with van der Waals surface area (Å²) in [5.74, 6) is 0.310. The van der Waals surface area contributed by atoms with Crippen molar-refractivity contribution in [1.29, 1.82) is 0 Å². The molecule has 0 aliphatic carbocycles. The van der Waals surface area contributed by atoms with Gasteiger partial charge in [-0.3, -0.25) is 9.69 Å². The fourth-order valence-corrected chi connectivity index (χ4v) is 1.54. The van der Waals surface area contributed by atoms with Gasteiger partial charge in [0.15, 0.2) is 5.76 Å². The van der Waals surface area contributed by atoms with Crippen molar-refractivity contribution in [2.45, 2.75) is 26.4 Å². The average Bonchev–Trinajstić information content (AvgIpc) is 2.67. The van der Waals surface area contributed by atoms with E-state index in [0.717, 1.165) is 6.54 Å². The summed E-state index contributed by atoms with van der Waals surface area (Å²) < 4.78 is 5.03. The molecular weight excluding hydrogens is 206 g/mol. The topological polar surface area (TPSA) is 53.7 Å². The Labute approximate surface area is 95.9 Å². The van der Waals surface area contributed by atoms with Crippen molar-refractivity contribution in [2.24, 2.45) is 0 Å². The number of likely N-dealkylation sites (N-methyl/N-ethyl adjacent to an activating group) is 1. The Balaban J connectivity index is 2.54. The Morgan fingerprint density at radius 3 is 2.69 bits per heavy atom. The monoisotopic (exact) mass is 225 g/mol. The van der Waals surface area contributed by atoms with Gasteiger partial charge in [-0.05, 0) is 32.5 Å². The van der Waals surface area contributed by atoms with Crippen LogP contribution < -0.4 is 0 Å². The Morgan fingerprint density at radius 1 is 1.56 bits per heavy atom. The predicted octanol–water partition coefficient (Wildman–Crippen LogP) is 1.56. The Hall–Kier alpha value is -1.13. The number of rotatable bonds is 6. The summed E-state index contributed by atoms with van der Waals surface area (Å²) >= 11 is 0. The van der Waals surface area contributed by atoms with E-state index in [2.05, 4.69) is 0 Å². The smallest absolute Gasteiger partial charge is 0.211 e. The van der Waals surface area contributed by atoms with Crippen molar-refractivity contribution in [2.75, 3.05) is 19.6 Å². The van der Waals surface area contributed by atoms with Crippen LogP contribution in [-0.4, -0.2) is 41.0 Å². The van der Waals surface area contributed by atoms with Gasteiger partial charge in [0.1, 0.15) is 0 Å². The molecular formula is C12H19NO3. The molecule has 4 nitrogen and oxygen atoms in total. The van der Waals surface area contributed by atoms with E-state index in [-0.39, 0.29) is 12.3 Å². The number of Topliss-reactive ketones (excluding diaryl/α,β-unsaturated/α-hetero) is 1. The van der Waals surface area contributed by atoms with Gasteiger partial charge in [0, 0.05) is 6.54 Å². The van der Waals surface area contributed by atoms with E-state index in [1.54, 1.807) is 26.0 Å². The summed E-state index contributed by atoms with van der Waals surface area (Å²) in [6.07, 6.45) is 1.49. The zero-order valence-corrected chi connectivity index (χ0v) is 10.1. The van der Waals surface area contributed by atoms with E-state index >= 15 is 0 Å². The van der Waals surface area contributed by atoms with E-state index in [1.165, 1.54) is 6.26 Å². The largest absolute Gasteiger partial charge is 0.461 e. The van der Waals surface area contributed by atoms with Crippen molar-refractivity contribution >= 4 is 5.78 Å². The molecule has 90 valence electrons. The maximum absolute atomic E-state index is 11.7. The summed E-state index contributed by atoms with van der Waals surface area (Å²) in [4.78, 5) is 13.6. The lowest BCUT2D eigenvalue weighted by Gasteiger charge is -2.26. The van der Waals surface area contributed by atoms with Crippen LogP contribution in [0, 0.1) is 0 Å². The number of nitrogens with zero attached hydrogens (tertiary/aromatic N) is 1. The Morgan fingerprint density at radius 2 is 2.25 bits per heavy atom. The summed E-state index contributed by atoms with van der Waals surface area (Å²) in [7, 11) is 0. The van der Waals surface area contributed by atoms with E-state index < -0.39 is 5.60 Å². The summed E-state index contributed by atoms with van der Waals surface area (Å²) in [5.41, 5.74) is -0.792. The molecule has 0 aromatic carbocycles. The van der Waals surface area contributed by atoms with Gasteiger partial charge in [0.2, 0.25) is 5.78 Å². The van der Waals surface area contributed by atoms with Crippen LogP contribution in [0.5, 0.6) is 0 Å². The summed E-state index contributed by atoms with van der Waals surface area (Å²) in [5, 5.41) is 9.69. The molecule has 0 amide bonds. The van der Waals surface area contributed by atoms with Gasteiger partial charge in [-0.25, -0.2) is 0 Å². The van der Waals surface area contributed by atoms with E-state index in [1.807, 2.05) is 11.8 Å². The van der Waals surface area contributed by atoms with Crippen molar-refractivity contribution in [3.63, 3.8) is 0 Å². The molecule has 1 rings (SSSR count). The van der Waals surface area contributed by atoms with Crippen LogP contribution in [0.25, 0.3) is 0 Å². The third-order valence-electron chi connectivity index (χ3n) is 2.22. The molecule has 0 bridgehead atoms. The van der Waals surface area contributed by atoms with Crippen LogP contribution in [0.3, 0.4) is 0 Å². The van der Waals surface area contributed by atoms with Gasteiger partial charge < -0.3 is 9.52 Å². The number of hydrogen-bond acceptors (Lipinski definition) is 4. The Kier molecular flexibility index (Phi) is 4.26. The van der Waals surface area contributed by atoms with Crippen LogP contribution in [0.2, 0.25) is 0 Å². The number of furan rings is 1. The number of hydrogen-bond donors (Lipinski definition) is 1. The average molecular weight is 225 g/mol. The molecule has 0 atom stereocenters. The lowest BCUT2D eigenvalue weighted by molar-refractivity contribution is 0.0371. The minimum atomic E-state index is -0.792. The molecule has 0 fully saturated rings. The number of aliphatic hydroxyl groups is 1. The molecule has 0 saturated carbocycles. The first-order valence-corrected chi connectivity index (χ1v) is 5.44. The van der Waals surface area contributed by atoms with Gasteiger partial charge in [0.25, 0.3) is 0 Å². The Bertz CT molecular complexity index is 325. The van der Waals surface area contributed by atoms with E-state index in [0.29, 0.717) is 12.3 Å². The first kappa shape index (κ1) is 12.9. The highest BCUT2D eigenvalue weighted by molar-refractivity contribution is 5.94. The molecule has 0 spiro atoms. The zero-order valence-electron chi connectivity index (χ0n) is 10.1. The maximum atomic E-state index is 11.7. The molecule has 0 unspecified atom stereocenters. The molecule has 4 heteroatoms. The van der Waals surface area contributed by atoms with Crippen molar-refractivity contribution in [3.8, 4) is 0 Å². The summed E-state index contributed by atoms with van der Waals surface area (Å²) in [6, 6.07) is 3.35. The second kappa shape index (κ2) is 5.27. The molecule has 0 aliphatic heterocycles. The molecule has 1 N–H and O–H groups in total. The minimum Gasteiger partial charge on any atom is -0.461 e. The van der Waals surface area contributed by atoms with Gasteiger partial charge >= 0.3 is 0 Å². The molecule has 0 aliphatic rings. The fraction of sp³-hybridized carbons (Fsp3) is 0.583. The highest BCUT2D eigenvalue weighted by Gasteiger charge is 2.20. The number of carbonyl (C=O) groups is 1. The quantitative estimate of drug-likeness (QED) is 0.746. The van der Waals surface area contributed by atoms with Gasteiger partial charge in [-0.15, -0.1) is 0 Å². The zero-order chi connectivity index (χ0) is 12.2. The predicted molar refractivity (Wildman–Crippen MR) is 61.5 cm³/mol. The normalized spacial score (nSPS) is 12.1. The van der Waals surface area contributed by atoms with Gasteiger partial charge in [-0.2, -0.15) is 0 Å². The molecule has 0 radical (unpaired) electrons. The molecule has 0 saturated heterocycles. The summed E-state index contributed by atoms with van der Waals surface area (Å²) in [6.45, 7) is 6.88. The first-order chi connectivity index (χ1) is 7.42. The van der Waals surface area contributed by atoms with E-state index in [9.17, 15) is 9.90 Å². The lowest BCUT2D eigenvalue weighted by Crippen LogP contribution is -2.41. The maximum Gasteiger partial charge on any atom is 0.211 e. The lowest BCUT2D eigenvalue weighted by atomic mass is 10.1. The standard InChI is InChI=1S/C12H19NO3/c1-4-13(9-12(2,3)15)8-10(14)11-6-5-7-16-11/h5-7,15H,4,8-9H2,1-3H3. The van der Waals surface area contributed by atoms with Crippen LogP contribution in [-0.2, 0) is 0 Å². The van der Waals surface area contributed by atoms with Crippen LogP contribution in [0.4, 0.5) is 0 Å². The highest BCUT2D eigenvalue weighted by Crippen LogP contribution is 2.07. The van der Waals surface area contributed by atoms with Crippen molar-refractivity contribution in [3.05, 3.63) is 24.2 Å². The second-order valence-electron chi connectivity index (χ2n) is 4.52. The van der Waals surface area contributed by atoms with E-state index in [4.69, 9.17) is 4.42 Å². The first-order valence-electron chi connectivity index (χ1n) is 5.44.